The molecule has 0 aliphatic heterocycles. The molecule has 0 unspecified atom stereocenters. The molecule has 0 spiro atoms. The van der Waals surface area contributed by atoms with Gasteiger partial charge in [-0.2, -0.15) is 0 Å². The van der Waals surface area contributed by atoms with E-state index in [4.69, 9.17) is 0 Å². The summed E-state index contributed by atoms with van der Waals surface area (Å²) in [5, 5.41) is 3.29. The number of hydrogen-bond acceptors (Lipinski definition) is 4. The van der Waals surface area contributed by atoms with Crippen LogP contribution >= 0.6 is 0 Å². The lowest BCUT2D eigenvalue weighted by atomic mass is 10.2. The molecule has 0 aromatic carbocycles. The lowest BCUT2D eigenvalue weighted by Gasteiger charge is -2.19. The molecule has 0 saturated carbocycles. The highest BCUT2D eigenvalue weighted by Crippen LogP contribution is 2.24. The molecule has 1 aromatic rings. The molecule has 0 amide bonds. The van der Waals surface area contributed by atoms with Crippen molar-refractivity contribution in [2.75, 3.05) is 30.9 Å². The zero-order valence-electron chi connectivity index (χ0n) is 11.1. The van der Waals surface area contributed by atoms with Gasteiger partial charge in [-0.15, -0.1) is 0 Å². The highest BCUT2D eigenvalue weighted by Gasteiger charge is 2.13. The van der Waals surface area contributed by atoms with E-state index in [2.05, 4.69) is 43.0 Å². The van der Waals surface area contributed by atoms with Crippen molar-refractivity contribution in [2.45, 2.75) is 33.6 Å². The van der Waals surface area contributed by atoms with Gasteiger partial charge in [0.2, 0.25) is 0 Å². The second-order valence-corrected chi connectivity index (χ2v) is 4.46. The summed E-state index contributed by atoms with van der Waals surface area (Å²) in [5.74, 6) is 3.18. The summed E-state index contributed by atoms with van der Waals surface area (Å²) in [7, 11) is 4.02. The molecule has 0 fully saturated rings. The maximum Gasteiger partial charge on any atom is 0.136 e. The van der Waals surface area contributed by atoms with Crippen molar-refractivity contribution in [3.05, 3.63) is 11.4 Å². The van der Waals surface area contributed by atoms with Gasteiger partial charge in [-0.25, -0.2) is 9.97 Å². The van der Waals surface area contributed by atoms with E-state index >= 15 is 0 Å². The smallest absolute Gasteiger partial charge is 0.136 e. The van der Waals surface area contributed by atoms with Gasteiger partial charge < -0.3 is 10.2 Å². The Labute approximate surface area is 98.1 Å². The van der Waals surface area contributed by atoms with Gasteiger partial charge in [-0.3, -0.25) is 0 Å². The number of rotatable bonds is 4. The van der Waals surface area contributed by atoms with Crippen molar-refractivity contribution in [1.29, 1.82) is 0 Å². The van der Waals surface area contributed by atoms with E-state index in [0.29, 0.717) is 5.92 Å². The number of hydrogen-bond donors (Lipinski definition) is 1. The number of anilines is 2. The molecule has 0 bridgehead atoms. The van der Waals surface area contributed by atoms with Crippen molar-refractivity contribution in [3.63, 3.8) is 0 Å². The minimum Gasteiger partial charge on any atom is -0.370 e. The van der Waals surface area contributed by atoms with Gasteiger partial charge in [0.15, 0.2) is 0 Å². The molecular weight excluding hydrogens is 200 g/mol. The van der Waals surface area contributed by atoms with Crippen molar-refractivity contribution in [2.24, 2.45) is 0 Å². The van der Waals surface area contributed by atoms with E-state index in [1.807, 2.05) is 19.0 Å². The molecule has 16 heavy (non-hydrogen) atoms. The van der Waals surface area contributed by atoms with E-state index in [1.54, 1.807) is 0 Å². The number of aromatic nitrogens is 2. The highest BCUT2D eigenvalue weighted by molar-refractivity contribution is 5.58. The Kier molecular flexibility index (Phi) is 4.10. The first-order valence-electron chi connectivity index (χ1n) is 5.77. The standard InChI is InChI=1S/C12H22N4/c1-7-13-11-9(4)12(16(5)6)15-10(14-11)8(2)3/h8H,7H2,1-6H3,(H,13,14,15). The Balaban J connectivity index is 3.27. The van der Waals surface area contributed by atoms with Gasteiger partial charge in [0.05, 0.1) is 0 Å². The second kappa shape index (κ2) is 5.14. The maximum absolute atomic E-state index is 4.59. The van der Waals surface area contributed by atoms with Gasteiger partial charge >= 0.3 is 0 Å². The average Bonchev–Trinajstić information content (AvgIpc) is 2.20. The second-order valence-electron chi connectivity index (χ2n) is 4.46. The van der Waals surface area contributed by atoms with Gasteiger partial charge in [0, 0.05) is 32.1 Å². The Morgan fingerprint density at radius 1 is 1.25 bits per heavy atom. The zero-order chi connectivity index (χ0) is 12.3. The zero-order valence-corrected chi connectivity index (χ0v) is 11.1. The van der Waals surface area contributed by atoms with Crippen LogP contribution in [0.25, 0.3) is 0 Å². The average molecular weight is 222 g/mol. The third-order valence-electron chi connectivity index (χ3n) is 2.42. The number of nitrogens with one attached hydrogen (secondary N) is 1. The fourth-order valence-electron chi connectivity index (χ4n) is 1.55. The quantitative estimate of drug-likeness (QED) is 0.849. The lowest BCUT2D eigenvalue weighted by molar-refractivity contribution is 0.767. The van der Waals surface area contributed by atoms with Gasteiger partial charge in [0.1, 0.15) is 17.5 Å². The molecule has 4 heteroatoms. The van der Waals surface area contributed by atoms with E-state index in [0.717, 1.165) is 29.6 Å². The Morgan fingerprint density at radius 2 is 1.88 bits per heavy atom. The third-order valence-corrected chi connectivity index (χ3v) is 2.42. The van der Waals surface area contributed by atoms with Crippen LogP contribution in [0.2, 0.25) is 0 Å². The van der Waals surface area contributed by atoms with Crippen molar-refractivity contribution < 1.29 is 0 Å². The molecule has 0 aliphatic rings. The predicted octanol–water partition coefficient (Wildman–Crippen LogP) is 2.41. The van der Waals surface area contributed by atoms with Crippen LogP contribution in [-0.2, 0) is 0 Å². The summed E-state index contributed by atoms with van der Waals surface area (Å²) < 4.78 is 0. The van der Waals surface area contributed by atoms with Crippen LogP contribution in [0.5, 0.6) is 0 Å². The predicted molar refractivity (Wildman–Crippen MR) is 69.3 cm³/mol. The van der Waals surface area contributed by atoms with E-state index in [9.17, 15) is 0 Å². The van der Waals surface area contributed by atoms with E-state index < -0.39 is 0 Å². The summed E-state index contributed by atoms with van der Waals surface area (Å²) in [6, 6.07) is 0. The van der Waals surface area contributed by atoms with E-state index in [-0.39, 0.29) is 0 Å². The first-order chi connectivity index (χ1) is 7.47. The largest absolute Gasteiger partial charge is 0.370 e. The molecule has 4 nitrogen and oxygen atoms in total. The molecule has 0 saturated heterocycles. The first kappa shape index (κ1) is 12.7. The molecule has 0 atom stereocenters. The maximum atomic E-state index is 4.59. The Bertz CT molecular complexity index is 358. The van der Waals surface area contributed by atoms with Gasteiger partial charge in [-0.05, 0) is 13.8 Å². The lowest BCUT2D eigenvalue weighted by Crippen LogP contribution is -2.17. The number of nitrogens with zero attached hydrogens (tertiary/aromatic N) is 3. The van der Waals surface area contributed by atoms with Crippen LogP contribution in [0.1, 0.15) is 38.1 Å². The van der Waals surface area contributed by atoms with E-state index in [1.165, 1.54) is 0 Å². The Morgan fingerprint density at radius 3 is 2.31 bits per heavy atom. The fourth-order valence-corrected chi connectivity index (χ4v) is 1.55. The van der Waals surface area contributed by atoms with Gasteiger partial charge in [0.25, 0.3) is 0 Å². The highest BCUT2D eigenvalue weighted by atomic mass is 15.2. The normalized spacial score (nSPS) is 10.7. The fraction of sp³-hybridized carbons (Fsp3) is 0.667. The topological polar surface area (TPSA) is 41.1 Å². The minimum atomic E-state index is 0.344. The Hall–Kier alpha value is -1.32. The third kappa shape index (κ3) is 2.62. The molecule has 0 radical (unpaired) electrons. The van der Waals surface area contributed by atoms with Crippen LogP contribution in [-0.4, -0.2) is 30.6 Å². The molecule has 1 N–H and O–H groups in total. The monoisotopic (exact) mass is 222 g/mol. The SMILES string of the molecule is CCNc1nc(C(C)C)nc(N(C)C)c1C. The minimum absolute atomic E-state index is 0.344. The van der Waals surface area contributed by atoms with Crippen LogP contribution < -0.4 is 10.2 Å². The molecule has 1 heterocycles. The summed E-state index contributed by atoms with van der Waals surface area (Å²) in [6.07, 6.45) is 0. The van der Waals surface area contributed by atoms with Crippen LogP contribution in [0.15, 0.2) is 0 Å². The van der Waals surface area contributed by atoms with Crippen molar-refractivity contribution >= 4 is 11.6 Å². The summed E-state index contributed by atoms with van der Waals surface area (Å²) in [5.41, 5.74) is 1.11. The van der Waals surface area contributed by atoms with Crippen molar-refractivity contribution in [1.82, 2.24) is 9.97 Å². The molecule has 1 aromatic heterocycles. The van der Waals surface area contributed by atoms with Crippen LogP contribution in [0.4, 0.5) is 11.6 Å². The van der Waals surface area contributed by atoms with Crippen molar-refractivity contribution in [3.8, 4) is 0 Å². The van der Waals surface area contributed by atoms with Crippen LogP contribution in [0.3, 0.4) is 0 Å². The summed E-state index contributed by atoms with van der Waals surface area (Å²) in [6.45, 7) is 9.23. The molecule has 0 aliphatic carbocycles. The molecule has 90 valence electrons. The van der Waals surface area contributed by atoms with Gasteiger partial charge in [-0.1, -0.05) is 13.8 Å². The van der Waals surface area contributed by atoms with Crippen LogP contribution in [0, 0.1) is 6.92 Å². The summed E-state index contributed by atoms with van der Waals surface area (Å²) in [4.78, 5) is 11.2. The summed E-state index contributed by atoms with van der Waals surface area (Å²) >= 11 is 0. The first-order valence-corrected chi connectivity index (χ1v) is 5.77. The molecular formula is C12H22N4. The molecule has 1 rings (SSSR count).